The largest absolute Gasteiger partial charge is 0.507 e. The van der Waals surface area contributed by atoms with Crippen molar-refractivity contribution < 1.29 is 19.5 Å². The number of carbonyl (C=O) groups excluding carboxylic acids is 3. The number of aryl methyl sites for hydroxylation is 1. The van der Waals surface area contributed by atoms with Gasteiger partial charge in [-0.2, -0.15) is 0 Å². The first-order valence-electron chi connectivity index (χ1n) is 7.34. The molecule has 0 spiro atoms. The summed E-state index contributed by atoms with van der Waals surface area (Å²) in [6.45, 7) is 1.79. The third-order valence-corrected chi connectivity index (χ3v) is 4.16. The Morgan fingerprint density at radius 2 is 1.84 bits per heavy atom. The Morgan fingerprint density at radius 1 is 1.12 bits per heavy atom. The van der Waals surface area contributed by atoms with Gasteiger partial charge in [-0.1, -0.05) is 35.9 Å². The molecule has 6 nitrogen and oxygen atoms in total. The molecule has 0 bridgehead atoms. The number of rotatable bonds is 2. The number of barbiturate groups is 1. The number of benzene rings is 2. The van der Waals surface area contributed by atoms with Crippen LogP contribution in [0.1, 0.15) is 11.1 Å². The number of halogens is 1. The number of imide groups is 2. The van der Waals surface area contributed by atoms with E-state index in [9.17, 15) is 19.5 Å². The van der Waals surface area contributed by atoms with E-state index in [1.54, 1.807) is 37.3 Å². The summed E-state index contributed by atoms with van der Waals surface area (Å²) in [6.07, 6.45) is 1.24. The molecule has 0 radical (unpaired) electrons. The first kappa shape index (κ1) is 16.7. The van der Waals surface area contributed by atoms with Gasteiger partial charge in [0.1, 0.15) is 11.3 Å². The van der Waals surface area contributed by atoms with E-state index in [-0.39, 0.29) is 22.6 Å². The Balaban J connectivity index is 2.05. The normalized spacial score (nSPS) is 16.3. The first-order valence-corrected chi connectivity index (χ1v) is 7.72. The number of para-hydroxylation sites is 1. The Morgan fingerprint density at radius 3 is 2.52 bits per heavy atom. The second-order valence-electron chi connectivity index (χ2n) is 5.45. The van der Waals surface area contributed by atoms with Gasteiger partial charge in [0.2, 0.25) is 0 Å². The predicted octanol–water partition coefficient (Wildman–Crippen LogP) is 3.02. The van der Waals surface area contributed by atoms with E-state index in [1.807, 2.05) is 0 Å². The average Bonchev–Trinajstić information content (AvgIpc) is 2.56. The number of anilines is 1. The number of carbonyl (C=O) groups is 3. The summed E-state index contributed by atoms with van der Waals surface area (Å²) in [5, 5.41) is 12.3. The summed E-state index contributed by atoms with van der Waals surface area (Å²) < 4.78 is 0. The van der Waals surface area contributed by atoms with Gasteiger partial charge in [-0.3, -0.25) is 14.9 Å². The predicted molar refractivity (Wildman–Crippen MR) is 93.3 cm³/mol. The number of hydrogen-bond acceptors (Lipinski definition) is 4. The van der Waals surface area contributed by atoms with Crippen LogP contribution in [0.3, 0.4) is 0 Å². The second-order valence-corrected chi connectivity index (χ2v) is 5.86. The molecule has 2 N–H and O–H groups in total. The molecule has 0 unspecified atom stereocenters. The molecule has 2 aromatic carbocycles. The van der Waals surface area contributed by atoms with Gasteiger partial charge in [-0.15, -0.1) is 0 Å². The van der Waals surface area contributed by atoms with E-state index in [4.69, 9.17) is 11.6 Å². The first-order chi connectivity index (χ1) is 11.9. The third kappa shape index (κ3) is 3.12. The molecule has 1 heterocycles. The Bertz CT molecular complexity index is 936. The third-order valence-electron chi connectivity index (χ3n) is 3.75. The minimum absolute atomic E-state index is 0.0857. The number of aromatic hydroxyl groups is 1. The van der Waals surface area contributed by atoms with E-state index in [0.29, 0.717) is 5.02 Å². The monoisotopic (exact) mass is 356 g/mol. The van der Waals surface area contributed by atoms with E-state index >= 15 is 0 Å². The highest BCUT2D eigenvalue weighted by molar-refractivity contribution is 6.39. The Labute approximate surface area is 148 Å². The fourth-order valence-corrected chi connectivity index (χ4v) is 2.55. The molecule has 4 amide bonds. The summed E-state index contributed by atoms with van der Waals surface area (Å²) in [5.41, 5.74) is 1.06. The number of nitrogens with one attached hydrogen (secondary N) is 1. The van der Waals surface area contributed by atoms with Crippen molar-refractivity contribution in [2.45, 2.75) is 6.92 Å². The number of phenolic OH excluding ortho intramolecular Hbond substituents is 1. The van der Waals surface area contributed by atoms with Crippen LogP contribution in [0.2, 0.25) is 5.02 Å². The maximum Gasteiger partial charge on any atom is 0.335 e. The van der Waals surface area contributed by atoms with Gasteiger partial charge in [0.05, 0.1) is 5.69 Å². The molecule has 1 aliphatic heterocycles. The molecule has 25 heavy (non-hydrogen) atoms. The van der Waals surface area contributed by atoms with Gasteiger partial charge < -0.3 is 5.11 Å². The fraction of sp³-hybridized carbons (Fsp3) is 0.0556. The van der Waals surface area contributed by atoms with Crippen LogP contribution < -0.4 is 10.2 Å². The van der Waals surface area contributed by atoms with Crippen molar-refractivity contribution in [1.29, 1.82) is 0 Å². The molecule has 0 atom stereocenters. The molecule has 3 rings (SSSR count). The maximum atomic E-state index is 12.7. The molecule has 0 aliphatic carbocycles. The van der Waals surface area contributed by atoms with Crippen molar-refractivity contribution >= 4 is 41.2 Å². The molecule has 7 heteroatoms. The summed E-state index contributed by atoms with van der Waals surface area (Å²) in [7, 11) is 0. The van der Waals surface area contributed by atoms with Crippen molar-refractivity contribution in [3.63, 3.8) is 0 Å². The van der Waals surface area contributed by atoms with Crippen LogP contribution >= 0.6 is 11.6 Å². The molecule has 0 aromatic heterocycles. The van der Waals surface area contributed by atoms with Gasteiger partial charge in [0.25, 0.3) is 11.8 Å². The number of urea groups is 1. The SMILES string of the molecule is Cc1ccc(N2C(=O)NC(=O)/C(=C/c3ccccc3O)C2=O)cc1Cl. The lowest BCUT2D eigenvalue weighted by atomic mass is 10.1. The van der Waals surface area contributed by atoms with Crippen molar-refractivity contribution in [2.75, 3.05) is 4.90 Å². The maximum absolute atomic E-state index is 12.7. The highest BCUT2D eigenvalue weighted by Gasteiger charge is 2.37. The van der Waals surface area contributed by atoms with Crippen molar-refractivity contribution in [1.82, 2.24) is 5.32 Å². The summed E-state index contributed by atoms with van der Waals surface area (Å²) >= 11 is 6.06. The molecule has 2 aromatic rings. The van der Waals surface area contributed by atoms with E-state index < -0.39 is 17.8 Å². The van der Waals surface area contributed by atoms with Crippen LogP contribution in [0.25, 0.3) is 6.08 Å². The lowest BCUT2D eigenvalue weighted by Gasteiger charge is -2.26. The minimum Gasteiger partial charge on any atom is -0.507 e. The van der Waals surface area contributed by atoms with E-state index in [2.05, 4.69) is 5.32 Å². The summed E-state index contributed by atoms with van der Waals surface area (Å²) in [6, 6.07) is 10.1. The number of nitrogens with zero attached hydrogens (tertiary/aromatic N) is 1. The van der Waals surface area contributed by atoms with Crippen molar-refractivity contribution in [3.05, 3.63) is 64.2 Å². The van der Waals surface area contributed by atoms with Crippen molar-refractivity contribution in [3.8, 4) is 5.75 Å². The second kappa shape index (κ2) is 6.41. The van der Waals surface area contributed by atoms with Gasteiger partial charge in [-0.25, -0.2) is 9.69 Å². The molecular formula is C18H13ClN2O4. The highest BCUT2D eigenvalue weighted by Crippen LogP contribution is 2.27. The molecule has 0 saturated carbocycles. The zero-order valence-electron chi connectivity index (χ0n) is 13.1. The smallest absolute Gasteiger partial charge is 0.335 e. The quantitative estimate of drug-likeness (QED) is 0.639. The van der Waals surface area contributed by atoms with Crippen LogP contribution in [0.15, 0.2) is 48.0 Å². The summed E-state index contributed by atoms with van der Waals surface area (Å²) in [4.78, 5) is 37.7. The molecule has 126 valence electrons. The lowest BCUT2D eigenvalue weighted by molar-refractivity contribution is -0.122. The summed E-state index contributed by atoms with van der Waals surface area (Å²) in [5.74, 6) is -1.71. The fourth-order valence-electron chi connectivity index (χ4n) is 2.38. The molecule has 1 aliphatic rings. The topological polar surface area (TPSA) is 86.7 Å². The van der Waals surface area contributed by atoms with E-state index in [0.717, 1.165) is 10.5 Å². The molecule has 1 saturated heterocycles. The van der Waals surface area contributed by atoms with Crippen LogP contribution in [-0.4, -0.2) is 23.0 Å². The standard InChI is InChI=1S/C18H13ClN2O4/c1-10-6-7-12(9-14(10)19)21-17(24)13(16(23)20-18(21)25)8-11-4-2-3-5-15(11)22/h2-9,22H,1H3,(H,20,23,25)/b13-8-. The number of phenols is 1. The minimum atomic E-state index is -0.857. The van der Waals surface area contributed by atoms with Crippen LogP contribution in [0, 0.1) is 6.92 Å². The van der Waals surface area contributed by atoms with Crippen molar-refractivity contribution in [2.24, 2.45) is 0 Å². The van der Waals surface area contributed by atoms with Gasteiger partial charge in [0, 0.05) is 10.6 Å². The molecular weight excluding hydrogens is 344 g/mol. The van der Waals surface area contributed by atoms with Crippen LogP contribution in [-0.2, 0) is 9.59 Å². The Hall–Kier alpha value is -3.12. The zero-order valence-corrected chi connectivity index (χ0v) is 13.9. The van der Waals surface area contributed by atoms with Gasteiger partial charge in [-0.05, 0) is 36.8 Å². The number of amides is 4. The number of hydrogen-bond donors (Lipinski definition) is 2. The van der Waals surface area contributed by atoms with Gasteiger partial charge >= 0.3 is 6.03 Å². The van der Waals surface area contributed by atoms with Crippen LogP contribution in [0.4, 0.5) is 10.5 Å². The average molecular weight is 357 g/mol. The zero-order chi connectivity index (χ0) is 18.1. The van der Waals surface area contributed by atoms with E-state index in [1.165, 1.54) is 18.2 Å². The van der Waals surface area contributed by atoms with Crippen LogP contribution in [0.5, 0.6) is 5.75 Å². The Kier molecular flexibility index (Phi) is 4.29. The molecule has 1 fully saturated rings. The highest BCUT2D eigenvalue weighted by atomic mass is 35.5. The van der Waals surface area contributed by atoms with Gasteiger partial charge in [0.15, 0.2) is 0 Å². The lowest BCUT2D eigenvalue weighted by Crippen LogP contribution is -2.54.